The van der Waals surface area contributed by atoms with Crippen molar-refractivity contribution in [1.82, 2.24) is 24.9 Å². The Bertz CT molecular complexity index is 1240. The molecule has 8 heteroatoms. The number of hydrogen-bond acceptors (Lipinski definition) is 6. The fourth-order valence-corrected chi connectivity index (χ4v) is 3.13. The summed E-state index contributed by atoms with van der Waals surface area (Å²) in [6.07, 6.45) is 5.90. The van der Waals surface area contributed by atoms with E-state index in [2.05, 4.69) is 25.7 Å². The largest absolute Gasteiger partial charge is 0.348 e. The lowest BCUT2D eigenvalue weighted by Crippen LogP contribution is -2.27. The second-order valence-electron chi connectivity index (χ2n) is 7.18. The van der Waals surface area contributed by atoms with Gasteiger partial charge >= 0.3 is 0 Å². The molecule has 0 spiro atoms. The minimum Gasteiger partial charge on any atom is -0.348 e. The number of nitrogens with zero attached hydrogens (tertiary/aromatic N) is 4. The molecule has 0 unspecified atom stereocenters. The van der Waals surface area contributed by atoms with Gasteiger partial charge < -0.3 is 10.6 Å². The third kappa shape index (κ3) is 3.62. The number of aldehydes is 1. The normalized spacial score (nSPS) is 13.2. The van der Waals surface area contributed by atoms with Gasteiger partial charge in [-0.2, -0.15) is 0 Å². The number of imidazole rings is 1. The van der Waals surface area contributed by atoms with Gasteiger partial charge in [0.25, 0.3) is 5.91 Å². The number of benzene rings is 1. The van der Waals surface area contributed by atoms with Crippen LogP contribution in [0.25, 0.3) is 16.9 Å². The molecule has 1 aliphatic rings. The summed E-state index contributed by atoms with van der Waals surface area (Å²) in [5.74, 6) is 0.420. The molecule has 1 fully saturated rings. The third-order valence-electron chi connectivity index (χ3n) is 4.86. The number of hydrogen-bond donors (Lipinski definition) is 2. The summed E-state index contributed by atoms with van der Waals surface area (Å²) in [7, 11) is 0. The van der Waals surface area contributed by atoms with Gasteiger partial charge in [0.15, 0.2) is 23.4 Å². The summed E-state index contributed by atoms with van der Waals surface area (Å²) in [6, 6.07) is 15.2. The minimum absolute atomic E-state index is 0.165. The van der Waals surface area contributed by atoms with Gasteiger partial charge in [0.05, 0.1) is 11.9 Å². The first kappa shape index (κ1) is 18.0. The first-order chi connectivity index (χ1) is 14.7. The van der Waals surface area contributed by atoms with Crippen LogP contribution in [0, 0.1) is 0 Å². The highest BCUT2D eigenvalue weighted by Crippen LogP contribution is 2.23. The van der Waals surface area contributed by atoms with Crippen LogP contribution in [0.4, 0.5) is 11.5 Å². The van der Waals surface area contributed by atoms with Crippen LogP contribution < -0.4 is 10.6 Å². The van der Waals surface area contributed by atoms with E-state index in [9.17, 15) is 9.59 Å². The Morgan fingerprint density at radius 2 is 1.97 bits per heavy atom. The molecule has 0 saturated heterocycles. The zero-order valence-electron chi connectivity index (χ0n) is 15.9. The molecule has 30 heavy (non-hydrogen) atoms. The quantitative estimate of drug-likeness (QED) is 0.484. The van der Waals surface area contributed by atoms with Crippen LogP contribution in [-0.2, 0) is 0 Å². The van der Waals surface area contributed by atoms with Crippen molar-refractivity contribution < 1.29 is 9.59 Å². The molecule has 0 bridgehead atoms. The van der Waals surface area contributed by atoms with Gasteiger partial charge in [-0.25, -0.2) is 9.50 Å². The Labute approximate surface area is 172 Å². The van der Waals surface area contributed by atoms with Crippen LogP contribution in [0.3, 0.4) is 0 Å². The summed E-state index contributed by atoms with van der Waals surface area (Å²) >= 11 is 0. The second-order valence-corrected chi connectivity index (χ2v) is 7.18. The number of nitrogens with one attached hydrogen (secondary N) is 2. The smallest absolute Gasteiger partial charge is 0.271 e. The van der Waals surface area contributed by atoms with Crippen molar-refractivity contribution in [3.63, 3.8) is 0 Å². The first-order valence-corrected chi connectivity index (χ1v) is 9.64. The predicted octanol–water partition coefficient (Wildman–Crippen LogP) is 3.24. The molecule has 8 nitrogen and oxygen atoms in total. The van der Waals surface area contributed by atoms with Crippen molar-refractivity contribution in [3.05, 3.63) is 72.2 Å². The Balaban J connectivity index is 1.41. The van der Waals surface area contributed by atoms with Crippen molar-refractivity contribution in [1.29, 1.82) is 0 Å². The summed E-state index contributed by atoms with van der Waals surface area (Å²) < 4.78 is 1.55. The first-order valence-electron chi connectivity index (χ1n) is 9.64. The lowest BCUT2D eigenvalue weighted by atomic mass is 10.1. The molecule has 3 aromatic heterocycles. The van der Waals surface area contributed by atoms with Crippen molar-refractivity contribution in [2.75, 3.05) is 5.32 Å². The Morgan fingerprint density at radius 1 is 1.07 bits per heavy atom. The standard InChI is InChI=1S/C22H18N6O2/c29-13-14-4-7-18(23-11-14)15-2-1-3-17(10-15)25-20-8-9-21-24-12-19(28(21)27-20)22(30)26-16-5-6-16/h1-4,7-13,16H,5-6H2,(H,25,27)(H,26,30). The van der Waals surface area contributed by atoms with Gasteiger partial charge in [-0.3, -0.25) is 14.6 Å². The van der Waals surface area contributed by atoms with Gasteiger partial charge in [-0.15, -0.1) is 5.10 Å². The average molecular weight is 398 g/mol. The number of fused-ring (bicyclic) bond motifs is 1. The van der Waals surface area contributed by atoms with E-state index >= 15 is 0 Å². The molecule has 1 aromatic carbocycles. The maximum atomic E-state index is 12.4. The molecule has 1 aliphatic carbocycles. The van der Waals surface area contributed by atoms with E-state index < -0.39 is 0 Å². The fraction of sp³-hybridized carbons (Fsp3) is 0.136. The molecule has 148 valence electrons. The van der Waals surface area contributed by atoms with Crippen molar-refractivity contribution >= 4 is 29.3 Å². The molecular weight excluding hydrogens is 380 g/mol. The van der Waals surface area contributed by atoms with Crippen LogP contribution in [0.2, 0.25) is 0 Å². The number of carbonyl (C=O) groups excluding carboxylic acids is 2. The molecule has 0 atom stereocenters. The molecule has 1 amide bonds. The van der Waals surface area contributed by atoms with E-state index in [0.717, 1.165) is 36.1 Å². The Kier molecular flexibility index (Phi) is 4.44. The summed E-state index contributed by atoms with van der Waals surface area (Å²) in [6.45, 7) is 0. The third-order valence-corrected chi connectivity index (χ3v) is 4.86. The Morgan fingerprint density at radius 3 is 2.73 bits per heavy atom. The molecule has 2 N–H and O–H groups in total. The van der Waals surface area contributed by atoms with Gasteiger partial charge in [-0.1, -0.05) is 12.1 Å². The zero-order valence-corrected chi connectivity index (χ0v) is 15.9. The number of rotatable bonds is 6. The maximum Gasteiger partial charge on any atom is 0.271 e. The molecule has 5 rings (SSSR count). The molecule has 0 aliphatic heterocycles. The molecule has 1 saturated carbocycles. The van der Waals surface area contributed by atoms with Gasteiger partial charge in [0.2, 0.25) is 0 Å². The highest BCUT2D eigenvalue weighted by atomic mass is 16.2. The van der Waals surface area contributed by atoms with Crippen LogP contribution >= 0.6 is 0 Å². The SMILES string of the molecule is O=Cc1ccc(-c2cccc(Nc3ccc4ncc(C(=O)NC5CC5)n4n3)c2)nc1. The van der Waals surface area contributed by atoms with Gasteiger partial charge in [0.1, 0.15) is 0 Å². The predicted molar refractivity (Wildman–Crippen MR) is 112 cm³/mol. The molecule has 0 radical (unpaired) electrons. The van der Waals surface area contributed by atoms with Gasteiger partial charge in [-0.05, 0) is 49.2 Å². The number of anilines is 2. The lowest BCUT2D eigenvalue weighted by Gasteiger charge is -2.09. The van der Waals surface area contributed by atoms with E-state index in [4.69, 9.17) is 0 Å². The topological polar surface area (TPSA) is 101 Å². The fourth-order valence-electron chi connectivity index (χ4n) is 3.13. The van der Waals surface area contributed by atoms with E-state index in [1.807, 2.05) is 42.5 Å². The summed E-state index contributed by atoms with van der Waals surface area (Å²) in [5.41, 5.74) is 4.05. The molecule has 4 aromatic rings. The van der Waals surface area contributed by atoms with Crippen LogP contribution in [0.5, 0.6) is 0 Å². The molecule has 3 heterocycles. The van der Waals surface area contributed by atoms with E-state index in [0.29, 0.717) is 22.7 Å². The number of pyridine rings is 1. The number of amides is 1. The Hall–Kier alpha value is -4.07. The molecular formula is C22H18N6O2. The maximum absolute atomic E-state index is 12.4. The van der Waals surface area contributed by atoms with Crippen LogP contribution in [-0.4, -0.2) is 37.8 Å². The zero-order chi connectivity index (χ0) is 20.5. The number of carbonyl (C=O) groups is 2. The highest BCUT2D eigenvalue weighted by molar-refractivity contribution is 5.93. The monoisotopic (exact) mass is 398 g/mol. The number of aromatic nitrogens is 4. The minimum atomic E-state index is -0.165. The second kappa shape index (κ2) is 7.40. The average Bonchev–Trinajstić information content (AvgIpc) is 3.49. The van der Waals surface area contributed by atoms with Crippen molar-refractivity contribution in [2.24, 2.45) is 0 Å². The lowest BCUT2D eigenvalue weighted by molar-refractivity contribution is 0.0943. The van der Waals surface area contributed by atoms with Crippen molar-refractivity contribution in [3.8, 4) is 11.3 Å². The van der Waals surface area contributed by atoms with E-state index in [1.54, 1.807) is 23.0 Å². The summed E-state index contributed by atoms with van der Waals surface area (Å²) in [4.78, 5) is 31.8. The van der Waals surface area contributed by atoms with Gasteiger partial charge in [0, 0.05) is 29.1 Å². The van der Waals surface area contributed by atoms with Crippen LogP contribution in [0.15, 0.2) is 60.9 Å². The van der Waals surface area contributed by atoms with E-state index in [-0.39, 0.29) is 11.9 Å². The summed E-state index contributed by atoms with van der Waals surface area (Å²) in [5, 5.41) is 10.8. The highest BCUT2D eigenvalue weighted by Gasteiger charge is 2.25. The van der Waals surface area contributed by atoms with E-state index in [1.165, 1.54) is 0 Å². The van der Waals surface area contributed by atoms with Crippen LogP contribution in [0.1, 0.15) is 33.7 Å². The van der Waals surface area contributed by atoms with Crippen molar-refractivity contribution in [2.45, 2.75) is 18.9 Å².